The highest BCUT2D eigenvalue weighted by molar-refractivity contribution is 7.16. The molecule has 1 atom stereocenters. The number of rotatable bonds is 4. The van der Waals surface area contributed by atoms with Crippen molar-refractivity contribution in [2.75, 3.05) is 18.4 Å². The molecule has 0 saturated carbocycles. The van der Waals surface area contributed by atoms with Crippen LogP contribution in [0.5, 0.6) is 0 Å². The van der Waals surface area contributed by atoms with Crippen molar-refractivity contribution in [3.63, 3.8) is 0 Å². The van der Waals surface area contributed by atoms with Gasteiger partial charge in [0.1, 0.15) is 5.82 Å². The minimum absolute atomic E-state index is 0.573. The third-order valence-electron chi connectivity index (χ3n) is 3.17. The van der Waals surface area contributed by atoms with E-state index in [1.807, 2.05) is 12.1 Å². The fourth-order valence-corrected chi connectivity index (χ4v) is 3.21. The van der Waals surface area contributed by atoms with Crippen molar-refractivity contribution in [3.05, 3.63) is 33.1 Å². The first kappa shape index (κ1) is 12.0. The van der Waals surface area contributed by atoms with Crippen LogP contribution in [0.1, 0.15) is 22.9 Å². The van der Waals surface area contributed by atoms with E-state index in [1.165, 1.54) is 17.0 Å². The van der Waals surface area contributed by atoms with Crippen LogP contribution in [0.4, 0.5) is 5.82 Å². The number of nitrogens with zero attached hydrogens (tertiary/aromatic N) is 1. The molecule has 1 aliphatic heterocycles. The second-order valence-electron chi connectivity index (χ2n) is 4.46. The zero-order chi connectivity index (χ0) is 12.4. The maximum absolute atomic E-state index is 5.89. The Bertz CT molecular complexity index is 516. The standard InChI is InChI=1S/C12H15ClN4S/c13-11-2-1-9(18-11)7-15-12-5-10(16-17-12)8-3-4-14-6-8/h1-2,5,8,14H,3-4,6-7H2,(H2,15,16,17). The van der Waals surface area contributed by atoms with Gasteiger partial charge in [0.25, 0.3) is 0 Å². The zero-order valence-corrected chi connectivity index (χ0v) is 11.4. The zero-order valence-electron chi connectivity index (χ0n) is 9.87. The minimum Gasteiger partial charge on any atom is -0.364 e. The van der Waals surface area contributed by atoms with E-state index < -0.39 is 0 Å². The molecule has 2 aromatic rings. The highest BCUT2D eigenvalue weighted by Crippen LogP contribution is 2.24. The molecule has 0 aliphatic carbocycles. The molecule has 2 aromatic heterocycles. The molecule has 3 N–H and O–H groups in total. The maximum atomic E-state index is 5.89. The summed E-state index contributed by atoms with van der Waals surface area (Å²) < 4.78 is 0.826. The minimum atomic E-state index is 0.573. The van der Waals surface area contributed by atoms with Gasteiger partial charge in [-0.1, -0.05) is 11.6 Å². The molecule has 3 heterocycles. The first-order chi connectivity index (χ1) is 8.81. The Hall–Kier alpha value is -1.04. The quantitative estimate of drug-likeness (QED) is 0.808. The van der Waals surface area contributed by atoms with Gasteiger partial charge in [-0.2, -0.15) is 5.10 Å². The Morgan fingerprint density at radius 1 is 1.50 bits per heavy atom. The van der Waals surface area contributed by atoms with E-state index >= 15 is 0 Å². The molecule has 1 unspecified atom stereocenters. The van der Waals surface area contributed by atoms with Crippen molar-refractivity contribution in [2.45, 2.75) is 18.9 Å². The summed E-state index contributed by atoms with van der Waals surface area (Å²) in [7, 11) is 0. The Morgan fingerprint density at radius 2 is 2.44 bits per heavy atom. The molecule has 0 aromatic carbocycles. The predicted octanol–water partition coefficient (Wildman–Crippen LogP) is 2.81. The van der Waals surface area contributed by atoms with Crippen molar-refractivity contribution in [1.29, 1.82) is 0 Å². The third-order valence-corrected chi connectivity index (χ3v) is 4.40. The van der Waals surface area contributed by atoms with Crippen molar-refractivity contribution >= 4 is 28.8 Å². The van der Waals surface area contributed by atoms with Crippen LogP contribution in [-0.4, -0.2) is 23.3 Å². The number of thiophene rings is 1. The van der Waals surface area contributed by atoms with E-state index in [9.17, 15) is 0 Å². The number of hydrogen-bond donors (Lipinski definition) is 3. The molecule has 96 valence electrons. The fourth-order valence-electron chi connectivity index (χ4n) is 2.18. The topological polar surface area (TPSA) is 52.7 Å². The van der Waals surface area contributed by atoms with Crippen LogP contribution >= 0.6 is 22.9 Å². The predicted molar refractivity (Wildman–Crippen MR) is 75.5 cm³/mol. The summed E-state index contributed by atoms with van der Waals surface area (Å²) in [4.78, 5) is 1.21. The highest BCUT2D eigenvalue weighted by atomic mass is 35.5. The van der Waals surface area contributed by atoms with Gasteiger partial charge in [-0.3, -0.25) is 5.10 Å². The molecular formula is C12H15ClN4S. The SMILES string of the molecule is Clc1ccc(CNc2cc(C3CCNC3)[nH]n2)s1. The lowest BCUT2D eigenvalue weighted by Crippen LogP contribution is -2.08. The largest absolute Gasteiger partial charge is 0.364 e. The van der Waals surface area contributed by atoms with E-state index in [4.69, 9.17) is 11.6 Å². The number of anilines is 1. The summed E-state index contributed by atoms with van der Waals surface area (Å²) in [6.07, 6.45) is 1.18. The van der Waals surface area contributed by atoms with Crippen molar-refractivity contribution in [3.8, 4) is 0 Å². The van der Waals surface area contributed by atoms with Crippen molar-refractivity contribution < 1.29 is 0 Å². The first-order valence-electron chi connectivity index (χ1n) is 6.05. The average Bonchev–Trinajstić information content (AvgIpc) is 3.07. The number of halogens is 1. The Labute approximate surface area is 115 Å². The van der Waals surface area contributed by atoms with Gasteiger partial charge in [-0.05, 0) is 25.1 Å². The van der Waals surface area contributed by atoms with Gasteiger partial charge >= 0.3 is 0 Å². The first-order valence-corrected chi connectivity index (χ1v) is 7.25. The van der Waals surface area contributed by atoms with Gasteiger partial charge < -0.3 is 10.6 Å². The molecule has 0 radical (unpaired) electrons. The molecular weight excluding hydrogens is 268 g/mol. The smallest absolute Gasteiger partial charge is 0.148 e. The number of aromatic nitrogens is 2. The van der Waals surface area contributed by atoms with Gasteiger partial charge in [-0.15, -0.1) is 11.3 Å². The van der Waals surface area contributed by atoms with E-state index in [1.54, 1.807) is 11.3 Å². The van der Waals surface area contributed by atoms with Crippen LogP contribution in [0, 0.1) is 0 Å². The molecule has 6 heteroatoms. The second-order valence-corrected chi connectivity index (χ2v) is 6.26. The molecule has 0 amide bonds. The lowest BCUT2D eigenvalue weighted by Gasteiger charge is -2.02. The Balaban J connectivity index is 1.59. The Kier molecular flexibility index (Phi) is 3.54. The number of aromatic amines is 1. The van der Waals surface area contributed by atoms with Crippen LogP contribution in [-0.2, 0) is 6.54 Å². The van der Waals surface area contributed by atoms with Crippen LogP contribution in [0.2, 0.25) is 4.34 Å². The fraction of sp³-hybridized carbons (Fsp3) is 0.417. The molecule has 0 bridgehead atoms. The van der Waals surface area contributed by atoms with Gasteiger partial charge in [0.2, 0.25) is 0 Å². The van der Waals surface area contributed by atoms with Gasteiger partial charge in [0.15, 0.2) is 0 Å². The molecule has 1 saturated heterocycles. The normalized spacial score (nSPS) is 19.3. The van der Waals surface area contributed by atoms with Crippen LogP contribution < -0.4 is 10.6 Å². The molecule has 1 aliphatic rings. The summed E-state index contributed by atoms with van der Waals surface area (Å²) in [6.45, 7) is 2.91. The number of nitrogens with one attached hydrogen (secondary N) is 3. The lowest BCUT2D eigenvalue weighted by atomic mass is 10.1. The summed E-state index contributed by atoms with van der Waals surface area (Å²) in [6, 6.07) is 6.06. The highest BCUT2D eigenvalue weighted by Gasteiger charge is 2.18. The molecule has 1 fully saturated rings. The lowest BCUT2D eigenvalue weighted by molar-refractivity contribution is 0.729. The van der Waals surface area contributed by atoms with E-state index in [0.717, 1.165) is 29.8 Å². The van der Waals surface area contributed by atoms with Crippen LogP contribution in [0.3, 0.4) is 0 Å². The molecule has 0 spiro atoms. The summed E-state index contributed by atoms with van der Waals surface area (Å²) >= 11 is 7.49. The van der Waals surface area contributed by atoms with E-state index in [-0.39, 0.29) is 0 Å². The second kappa shape index (κ2) is 5.30. The van der Waals surface area contributed by atoms with Crippen molar-refractivity contribution in [1.82, 2.24) is 15.5 Å². The molecule has 3 rings (SSSR count). The van der Waals surface area contributed by atoms with Gasteiger partial charge in [0.05, 0.1) is 10.9 Å². The van der Waals surface area contributed by atoms with Gasteiger partial charge in [0, 0.05) is 29.1 Å². The Morgan fingerprint density at radius 3 is 3.17 bits per heavy atom. The number of hydrogen-bond acceptors (Lipinski definition) is 4. The van der Waals surface area contributed by atoms with Crippen LogP contribution in [0.15, 0.2) is 18.2 Å². The van der Waals surface area contributed by atoms with Crippen LogP contribution in [0.25, 0.3) is 0 Å². The average molecular weight is 283 g/mol. The van der Waals surface area contributed by atoms with E-state index in [2.05, 4.69) is 26.9 Å². The third kappa shape index (κ3) is 2.68. The summed E-state index contributed by atoms with van der Waals surface area (Å²) in [5, 5.41) is 14.1. The summed E-state index contributed by atoms with van der Waals surface area (Å²) in [5.41, 5.74) is 1.21. The van der Waals surface area contributed by atoms with Crippen molar-refractivity contribution in [2.24, 2.45) is 0 Å². The number of H-pyrrole nitrogens is 1. The van der Waals surface area contributed by atoms with Gasteiger partial charge in [-0.25, -0.2) is 0 Å². The molecule has 4 nitrogen and oxygen atoms in total. The molecule has 18 heavy (non-hydrogen) atoms. The van der Waals surface area contributed by atoms with E-state index in [0.29, 0.717) is 5.92 Å². The monoisotopic (exact) mass is 282 g/mol. The summed E-state index contributed by atoms with van der Waals surface area (Å²) in [5.74, 6) is 1.48. The maximum Gasteiger partial charge on any atom is 0.148 e.